The molecule has 2 rings (SSSR count). The summed E-state index contributed by atoms with van der Waals surface area (Å²) >= 11 is -0.216. The second-order valence-corrected chi connectivity index (χ2v) is 8.20. The van der Waals surface area contributed by atoms with Crippen molar-refractivity contribution in [2.75, 3.05) is 31.2 Å². The molecule has 0 amide bonds. The minimum atomic E-state index is -0.410. The Hall–Kier alpha value is -1.11. The van der Waals surface area contributed by atoms with Crippen LogP contribution in [-0.4, -0.2) is 47.0 Å². The predicted octanol–water partition coefficient (Wildman–Crippen LogP) is 1.09. The van der Waals surface area contributed by atoms with Gasteiger partial charge in [0.05, 0.1) is 0 Å². The summed E-state index contributed by atoms with van der Waals surface area (Å²) in [6.07, 6.45) is 0. The van der Waals surface area contributed by atoms with E-state index in [0.717, 1.165) is 4.48 Å². The number of hydrogen-bond acceptors (Lipinski definition) is 4. The molecule has 0 aliphatic carbocycles. The Labute approximate surface area is 119 Å². The Kier molecular flexibility index (Phi) is 4.79. The van der Waals surface area contributed by atoms with Gasteiger partial charge in [0.2, 0.25) is 0 Å². The summed E-state index contributed by atoms with van der Waals surface area (Å²) < 4.78 is 20.6. The van der Waals surface area contributed by atoms with Gasteiger partial charge in [0, 0.05) is 0 Å². The number of anilines is 1. The topological polar surface area (TPSA) is 49.2 Å². The quantitative estimate of drug-likeness (QED) is 0.781. The average Bonchev–Trinajstić information content (AvgIpc) is 2.40. The molecule has 1 aromatic rings. The van der Waals surface area contributed by atoms with Crippen molar-refractivity contribution in [2.24, 2.45) is 0 Å². The standard InChI is InChI=1S/C13H16AsFN3O/c1-9(2)14-12-10(8-16)7-11(15)13(17-12)18-3-5-19-6-4-18/h7,9H,3-6H2,1-2H3. The van der Waals surface area contributed by atoms with E-state index in [1.165, 1.54) is 6.07 Å². The first-order valence-electron chi connectivity index (χ1n) is 6.26. The normalized spacial score (nSPS) is 16.3. The van der Waals surface area contributed by atoms with Crippen LogP contribution in [0.5, 0.6) is 0 Å². The van der Waals surface area contributed by atoms with Gasteiger partial charge in [-0.05, 0) is 0 Å². The van der Waals surface area contributed by atoms with Crippen LogP contribution >= 0.6 is 0 Å². The van der Waals surface area contributed by atoms with Gasteiger partial charge < -0.3 is 0 Å². The first-order chi connectivity index (χ1) is 9.11. The summed E-state index contributed by atoms with van der Waals surface area (Å²) in [5.74, 6) is -0.0413. The first kappa shape index (κ1) is 14.3. The molecule has 0 N–H and O–H groups in total. The zero-order valence-electron chi connectivity index (χ0n) is 11.1. The van der Waals surface area contributed by atoms with E-state index in [1.54, 1.807) is 0 Å². The average molecular weight is 324 g/mol. The molecule has 101 valence electrons. The van der Waals surface area contributed by atoms with E-state index in [-0.39, 0.29) is 15.8 Å². The van der Waals surface area contributed by atoms with Crippen LogP contribution in [0.4, 0.5) is 10.2 Å². The number of pyridine rings is 1. The molecule has 0 atom stereocenters. The molecule has 1 aliphatic heterocycles. The van der Waals surface area contributed by atoms with Crippen LogP contribution in [0.1, 0.15) is 19.4 Å². The molecule has 6 heteroatoms. The fourth-order valence-electron chi connectivity index (χ4n) is 1.89. The summed E-state index contributed by atoms with van der Waals surface area (Å²) in [7, 11) is 0. The van der Waals surface area contributed by atoms with E-state index in [4.69, 9.17) is 10.00 Å². The maximum absolute atomic E-state index is 14.1. The van der Waals surface area contributed by atoms with Crippen molar-refractivity contribution in [3.63, 3.8) is 0 Å². The zero-order chi connectivity index (χ0) is 13.8. The van der Waals surface area contributed by atoms with Crippen molar-refractivity contribution in [3.8, 4) is 6.07 Å². The van der Waals surface area contributed by atoms with Gasteiger partial charge in [0.25, 0.3) is 0 Å². The van der Waals surface area contributed by atoms with Crippen molar-refractivity contribution >= 4 is 26.1 Å². The molecule has 1 saturated heterocycles. The van der Waals surface area contributed by atoms with Crippen LogP contribution in [-0.2, 0) is 4.74 Å². The third-order valence-electron chi connectivity index (χ3n) is 2.75. The monoisotopic (exact) mass is 324 g/mol. The molecule has 2 heterocycles. The Bertz CT molecular complexity index is 495. The van der Waals surface area contributed by atoms with Crippen LogP contribution in [0.2, 0.25) is 4.71 Å². The maximum atomic E-state index is 14.1. The first-order valence-corrected chi connectivity index (χ1v) is 8.28. The summed E-state index contributed by atoms with van der Waals surface area (Å²) in [5, 5.41) is 9.08. The fourth-order valence-corrected chi connectivity index (χ4v) is 3.77. The number of nitriles is 1. The van der Waals surface area contributed by atoms with E-state index in [9.17, 15) is 4.39 Å². The number of ether oxygens (including phenoxy) is 1. The third-order valence-corrected chi connectivity index (χ3v) is 5.06. The molecular weight excluding hydrogens is 308 g/mol. The summed E-state index contributed by atoms with van der Waals surface area (Å²) in [6, 6.07) is 3.37. The van der Waals surface area contributed by atoms with Crippen LogP contribution in [0.25, 0.3) is 0 Å². The van der Waals surface area contributed by atoms with Gasteiger partial charge in [0.1, 0.15) is 0 Å². The molecule has 1 aliphatic rings. The van der Waals surface area contributed by atoms with E-state index < -0.39 is 5.82 Å². The van der Waals surface area contributed by atoms with Crippen molar-refractivity contribution in [3.05, 3.63) is 17.4 Å². The number of hydrogen-bond donors (Lipinski definition) is 0. The molecule has 19 heavy (non-hydrogen) atoms. The summed E-state index contributed by atoms with van der Waals surface area (Å²) in [4.78, 5) is 6.32. The molecule has 0 aromatic carbocycles. The van der Waals surface area contributed by atoms with Gasteiger partial charge in [0.15, 0.2) is 0 Å². The van der Waals surface area contributed by atoms with E-state index in [1.807, 2.05) is 11.0 Å². The molecule has 4 nitrogen and oxygen atoms in total. The molecule has 1 fully saturated rings. The number of aromatic nitrogens is 1. The third kappa shape index (κ3) is 3.46. The number of morpholine rings is 1. The summed E-state index contributed by atoms with van der Waals surface area (Å²) in [5.41, 5.74) is 0.378. The van der Waals surface area contributed by atoms with Crippen molar-refractivity contribution in [2.45, 2.75) is 18.6 Å². The molecular formula is C13H16AsFN3O. The Morgan fingerprint density at radius 2 is 2.16 bits per heavy atom. The minimum absolute atomic E-state index is 0.216. The molecule has 0 unspecified atom stereocenters. The van der Waals surface area contributed by atoms with Crippen LogP contribution in [0.3, 0.4) is 0 Å². The second-order valence-electron chi connectivity index (χ2n) is 4.60. The van der Waals surface area contributed by atoms with Crippen molar-refractivity contribution in [1.82, 2.24) is 4.98 Å². The molecule has 0 saturated carbocycles. The van der Waals surface area contributed by atoms with Crippen molar-refractivity contribution < 1.29 is 9.13 Å². The number of rotatable bonds is 3. The Morgan fingerprint density at radius 1 is 1.47 bits per heavy atom. The number of nitrogens with zero attached hydrogens (tertiary/aromatic N) is 3. The van der Waals surface area contributed by atoms with Gasteiger partial charge in [-0.15, -0.1) is 0 Å². The van der Waals surface area contributed by atoms with Gasteiger partial charge in [-0.25, -0.2) is 0 Å². The molecule has 0 bridgehead atoms. The van der Waals surface area contributed by atoms with E-state index >= 15 is 0 Å². The Balaban J connectivity index is 2.35. The molecule has 0 spiro atoms. The van der Waals surface area contributed by atoms with Gasteiger partial charge in [-0.2, -0.15) is 0 Å². The van der Waals surface area contributed by atoms with E-state index in [0.29, 0.717) is 42.4 Å². The zero-order valence-corrected chi connectivity index (χ0v) is 12.9. The van der Waals surface area contributed by atoms with Gasteiger partial charge in [-0.1, -0.05) is 0 Å². The SMILES string of the molecule is CC(C)[As]c1nc(N2CCOCC2)c(F)cc1C#N. The number of halogens is 1. The van der Waals surface area contributed by atoms with Gasteiger partial charge in [-0.3, -0.25) is 0 Å². The van der Waals surface area contributed by atoms with Crippen LogP contribution in [0, 0.1) is 17.1 Å². The molecule has 1 radical (unpaired) electrons. The van der Waals surface area contributed by atoms with Crippen LogP contribution < -0.4 is 9.38 Å². The molecule has 1 aromatic heterocycles. The summed E-state index contributed by atoms with van der Waals surface area (Å²) in [6.45, 7) is 6.67. The van der Waals surface area contributed by atoms with Crippen molar-refractivity contribution in [1.29, 1.82) is 5.26 Å². The second kappa shape index (κ2) is 6.36. The van der Waals surface area contributed by atoms with E-state index in [2.05, 4.69) is 18.8 Å². The van der Waals surface area contributed by atoms with Crippen LogP contribution in [0.15, 0.2) is 6.07 Å². The predicted molar refractivity (Wildman–Crippen MR) is 72.4 cm³/mol. The Morgan fingerprint density at radius 3 is 2.74 bits per heavy atom. The fraction of sp³-hybridized carbons (Fsp3) is 0.538. The van der Waals surface area contributed by atoms with Gasteiger partial charge >= 0.3 is 119 Å².